The maximum Gasteiger partial charge on any atom is 0.143 e. The molecule has 10 rings (SSSR count). The predicted molar refractivity (Wildman–Crippen MR) is 206 cm³/mol. The minimum absolute atomic E-state index is 0.0983. The summed E-state index contributed by atoms with van der Waals surface area (Å²) in [4.78, 5) is 2.42. The van der Waals surface area contributed by atoms with Crippen molar-refractivity contribution in [3.8, 4) is 22.3 Å². The van der Waals surface area contributed by atoms with E-state index in [-0.39, 0.29) is 5.41 Å². The second-order valence-corrected chi connectivity index (χ2v) is 13.7. The predicted octanol–water partition coefficient (Wildman–Crippen LogP) is 13.3. The minimum atomic E-state index is -0.0983. The highest BCUT2D eigenvalue weighted by Gasteiger charge is 2.36. The van der Waals surface area contributed by atoms with Crippen molar-refractivity contribution in [1.82, 2.24) is 0 Å². The van der Waals surface area contributed by atoms with E-state index < -0.39 is 0 Å². The van der Waals surface area contributed by atoms with Crippen molar-refractivity contribution in [2.24, 2.45) is 0 Å². The minimum Gasteiger partial charge on any atom is -0.455 e. The zero-order valence-electron chi connectivity index (χ0n) is 27.4. The quantitative estimate of drug-likeness (QED) is 0.193. The molecule has 2 nitrogen and oxygen atoms in total. The number of hydrogen-bond acceptors (Lipinski definition) is 2. The monoisotopic (exact) mass is 627 g/mol. The van der Waals surface area contributed by atoms with Gasteiger partial charge in [0.1, 0.15) is 11.2 Å². The Kier molecular flexibility index (Phi) is 5.95. The lowest BCUT2D eigenvalue weighted by Crippen LogP contribution is -2.16. The van der Waals surface area contributed by atoms with Crippen LogP contribution in [-0.2, 0) is 5.41 Å². The van der Waals surface area contributed by atoms with E-state index in [1.54, 1.807) is 0 Å². The lowest BCUT2D eigenvalue weighted by molar-refractivity contribution is 0.660. The molecule has 8 aromatic carbocycles. The highest BCUT2D eigenvalue weighted by molar-refractivity contribution is 6.20. The largest absolute Gasteiger partial charge is 0.455 e. The molecule has 0 fully saturated rings. The van der Waals surface area contributed by atoms with Gasteiger partial charge < -0.3 is 9.32 Å². The molecule has 0 saturated heterocycles. The highest BCUT2D eigenvalue weighted by Crippen LogP contribution is 2.51. The van der Waals surface area contributed by atoms with E-state index in [4.69, 9.17) is 4.42 Å². The summed E-state index contributed by atoms with van der Waals surface area (Å²) >= 11 is 0. The SMILES string of the molecule is CC1(C)c2ccccc2-c2ccc(N(c3ccccc3)c3cc4c5ccc(-c6cccc7ccccc67)cc5oc4c4ccccc34)cc21. The molecule has 49 heavy (non-hydrogen) atoms. The zero-order valence-corrected chi connectivity index (χ0v) is 27.4. The van der Waals surface area contributed by atoms with Gasteiger partial charge in [-0.05, 0) is 86.6 Å². The van der Waals surface area contributed by atoms with Crippen LogP contribution in [0.1, 0.15) is 25.0 Å². The second-order valence-electron chi connectivity index (χ2n) is 13.7. The number of hydrogen-bond donors (Lipinski definition) is 0. The molecule has 2 heteroatoms. The molecule has 0 N–H and O–H groups in total. The van der Waals surface area contributed by atoms with Crippen LogP contribution in [0.5, 0.6) is 0 Å². The Morgan fingerprint density at radius 3 is 2.02 bits per heavy atom. The number of rotatable bonds is 4. The Morgan fingerprint density at radius 1 is 0.449 bits per heavy atom. The molecule has 232 valence electrons. The molecule has 1 aliphatic carbocycles. The summed E-state index contributed by atoms with van der Waals surface area (Å²) < 4.78 is 6.79. The van der Waals surface area contributed by atoms with Crippen molar-refractivity contribution in [3.05, 3.63) is 175 Å². The number of fused-ring (bicyclic) bond motifs is 9. The van der Waals surface area contributed by atoms with Crippen LogP contribution in [0.25, 0.3) is 65.7 Å². The van der Waals surface area contributed by atoms with Gasteiger partial charge in [-0.1, -0.05) is 135 Å². The molecule has 0 unspecified atom stereocenters. The lowest BCUT2D eigenvalue weighted by atomic mass is 9.82. The molecule has 0 atom stereocenters. The third-order valence-corrected chi connectivity index (χ3v) is 10.6. The maximum absolute atomic E-state index is 6.79. The standard InChI is InChI=1S/C47H33NO/c1-47(2)42-22-11-10-18-36(42)37-26-24-33(28-43(37)47)48(32-15-4-3-5-16-32)44-29-41-39-25-23-31(35-21-12-14-30-13-6-7-17-34(30)35)27-45(39)49-46(41)40-20-9-8-19-38(40)44/h3-29H,1-2H3. The van der Waals surface area contributed by atoms with E-state index in [1.165, 1.54) is 38.6 Å². The summed E-state index contributed by atoms with van der Waals surface area (Å²) in [6.07, 6.45) is 0. The lowest BCUT2D eigenvalue weighted by Gasteiger charge is -2.29. The van der Waals surface area contributed by atoms with Crippen LogP contribution in [0.4, 0.5) is 17.1 Å². The molecule has 1 aromatic heterocycles. The van der Waals surface area contributed by atoms with Crippen LogP contribution in [0.3, 0.4) is 0 Å². The number of para-hydroxylation sites is 1. The Bertz CT molecular complexity index is 2750. The highest BCUT2D eigenvalue weighted by atomic mass is 16.3. The second kappa shape index (κ2) is 10.4. The normalized spacial score (nSPS) is 13.3. The Morgan fingerprint density at radius 2 is 1.14 bits per heavy atom. The molecule has 0 radical (unpaired) electrons. The molecule has 0 aliphatic heterocycles. The van der Waals surface area contributed by atoms with Crippen LogP contribution >= 0.6 is 0 Å². The summed E-state index contributed by atoms with van der Waals surface area (Å²) in [7, 11) is 0. The van der Waals surface area contributed by atoms with Crippen molar-refractivity contribution in [1.29, 1.82) is 0 Å². The van der Waals surface area contributed by atoms with Gasteiger partial charge in [0.25, 0.3) is 0 Å². The third kappa shape index (κ3) is 4.14. The molecule has 0 amide bonds. The molecule has 1 aliphatic rings. The first-order valence-corrected chi connectivity index (χ1v) is 17.0. The van der Waals surface area contributed by atoms with Gasteiger partial charge >= 0.3 is 0 Å². The number of furan rings is 1. The summed E-state index contributed by atoms with van der Waals surface area (Å²) in [6, 6.07) is 59.4. The van der Waals surface area contributed by atoms with Gasteiger partial charge in [-0.3, -0.25) is 0 Å². The first kappa shape index (κ1) is 27.9. The summed E-state index contributed by atoms with van der Waals surface area (Å²) in [6.45, 7) is 4.69. The van der Waals surface area contributed by atoms with Gasteiger partial charge in [-0.25, -0.2) is 0 Å². The van der Waals surface area contributed by atoms with E-state index in [0.717, 1.165) is 55.3 Å². The van der Waals surface area contributed by atoms with Gasteiger partial charge in [0.15, 0.2) is 0 Å². The smallest absolute Gasteiger partial charge is 0.143 e. The average Bonchev–Trinajstić information content (AvgIpc) is 3.63. The fourth-order valence-electron chi connectivity index (χ4n) is 8.24. The summed E-state index contributed by atoms with van der Waals surface area (Å²) in [5, 5.41) is 6.96. The van der Waals surface area contributed by atoms with Gasteiger partial charge in [0.05, 0.1) is 5.69 Å². The van der Waals surface area contributed by atoms with Gasteiger partial charge in [-0.2, -0.15) is 0 Å². The van der Waals surface area contributed by atoms with Crippen LogP contribution in [0.2, 0.25) is 0 Å². The van der Waals surface area contributed by atoms with Crippen LogP contribution in [0, 0.1) is 0 Å². The van der Waals surface area contributed by atoms with Gasteiger partial charge in [0.2, 0.25) is 0 Å². The van der Waals surface area contributed by atoms with E-state index in [9.17, 15) is 0 Å². The van der Waals surface area contributed by atoms with E-state index >= 15 is 0 Å². The van der Waals surface area contributed by atoms with Crippen molar-refractivity contribution in [2.45, 2.75) is 19.3 Å². The zero-order chi connectivity index (χ0) is 32.7. The summed E-state index contributed by atoms with van der Waals surface area (Å²) in [5.41, 5.74) is 12.9. The first-order valence-electron chi connectivity index (χ1n) is 17.0. The third-order valence-electron chi connectivity index (χ3n) is 10.6. The van der Waals surface area contributed by atoms with Crippen LogP contribution < -0.4 is 4.90 Å². The van der Waals surface area contributed by atoms with Crippen LogP contribution in [-0.4, -0.2) is 0 Å². The van der Waals surface area contributed by atoms with E-state index in [0.29, 0.717) is 0 Å². The Labute approximate surface area is 285 Å². The van der Waals surface area contributed by atoms with Crippen molar-refractivity contribution in [2.75, 3.05) is 4.90 Å². The number of nitrogens with zero attached hydrogens (tertiary/aromatic N) is 1. The molecule has 0 spiro atoms. The van der Waals surface area contributed by atoms with Crippen LogP contribution in [0.15, 0.2) is 168 Å². The average molecular weight is 628 g/mol. The van der Waals surface area contributed by atoms with E-state index in [1.807, 2.05) is 0 Å². The number of benzene rings is 8. The number of anilines is 3. The van der Waals surface area contributed by atoms with Crippen molar-refractivity contribution >= 4 is 60.5 Å². The topological polar surface area (TPSA) is 16.4 Å². The van der Waals surface area contributed by atoms with Crippen molar-refractivity contribution < 1.29 is 4.42 Å². The fraction of sp³-hybridized carbons (Fsp3) is 0.0638. The Balaban J connectivity index is 1.21. The molecular weight excluding hydrogens is 595 g/mol. The molecule has 0 saturated carbocycles. The fourth-order valence-corrected chi connectivity index (χ4v) is 8.24. The maximum atomic E-state index is 6.79. The first-order chi connectivity index (χ1) is 24.1. The van der Waals surface area contributed by atoms with Crippen molar-refractivity contribution in [3.63, 3.8) is 0 Å². The Hall–Kier alpha value is -6.12. The summed E-state index contributed by atoms with van der Waals surface area (Å²) in [5.74, 6) is 0. The van der Waals surface area contributed by atoms with Gasteiger partial charge in [0, 0.05) is 38.3 Å². The molecule has 1 heterocycles. The van der Waals surface area contributed by atoms with Gasteiger partial charge in [-0.15, -0.1) is 0 Å². The molecule has 0 bridgehead atoms. The molecular formula is C47H33NO. The van der Waals surface area contributed by atoms with E-state index in [2.05, 4.69) is 183 Å². The molecule has 9 aromatic rings.